The van der Waals surface area contributed by atoms with Crippen LogP contribution >= 0.6 is 0 Å². The van der Waals surface area contributed by atoms with Crippen LogP contribution in [0.4, 0.5) is 40.3 Å². The molecule has 0 aliphatic rings. The average Bonchev–Trinajstić information content (AvgIpc) is 4.06. The maximum Gasteiger partial charge on any atom is 0.320 e. The van der Waals surface area contributed by atoms with Crippen LogP contribution in [0.3, 0.4) is 0 Å². The van der Waals surface area contributed by atoms with E-state index in [1.807, 2.05) is 6.07 Å². The quantitative estimate of drug-likeness (QED) is 0.0458. The minimum Gasteiger partial charge on any atom is -0.479 e. The van der Waals surface area contributed by atoms with Crippen molar-refractivity contribution in [3.63, 3.8) is 0 Å². The molecule has 0 bridgehead atoms. The highest BCUT2D eigenvalue weighted by Crippen LogP contribution is 2.36. The van der Waals surface area contributed by atoms with E-state index in [4.69, 9.17) is 38.3 Å². The van der Waals surface area contributed by atoms with Crippen molar-refractivity contribution in [1.29, 1.82) is 5.26 Å². The van der Waals surface area contributed by atoms with E-state index >= 15 is 0 Å². The molecule has 33 heteroatoms. The second-order valence-corrected chi connectivity index (χ2v) is 22.5. The molecule has 1 unspecified atom stereocenters. The van der Waals surface area contributed by atoms with Gasteiger partial charge in [-0.15, -0.1) is 20.5 Å². The summed E-state index contributed by atoms with van der Waals surface area (Å²) in [6, 6.07) is 13.3. The molecule has 0 fully saturated rings. The van der Waals surface area contributed by atoms with Crippen LogP contribution < -0.4 is 11.5 Å². The highest BCUT2D eigenvalue weighted by atomic mass is 32.8. The molecule has 70 heavy (non-hydrogen) atoms. The third-order valence-electron chi connectivity index (χ3n) is 9.64. The number of aryl methyl sites for hydroxylation is 2. The van der Waals surface area contributed by atoms with Gasteiger partial charge in [-0.2, -0.15) is 66.8 Å². The summed E-state index contributed by atoms with van der Waals surface area (Å²) in [5.74, 6) is -2.25. The number of nitriles is 1. The van der Waals surface area contributed by atoms with Crippen molar-refractivity contribution in [3.8, 4) is 35.4 Å². The fraction of sp³-hybridized carbons (Fsp3) is 0.216. The van der Waals surface area contributed by atoms with Gasteiger partial charge in [-0.05, 0) is 86.4 Å². The van der Waals surface area contributed by atoms with Gasteiger partial charge in [0.2, 0.25) is 0 Å². The zero-order chi connectivity index (χ0) is 50.7. The van der Waals surface area contributed by atoms with Gasteiger partial charge in [-0.3, -0.25) is 9.11 Å². The van der Waals surface area contributed by atoms with Crippen LogP contribution in [0.1, 0.15) is 29.8 Å². The van der Waals surface area contributed by atoms with Crippen molar-refractivity contribution < 1.29 is 39.5 Å². The van der Waals surface area contributed by atoms with E-state index in [0.717, 1.165) is 14.3 Å². The fourth-order valence-corrected chi connectivity index (χ4v) is 10.8. The summed E-state index contributed by atoms with van der Waals surface area (Å²) in [5.41, 5.74) is 14.2. The molecule has 0 aliphatic carbocycles. The molecule has 0 saturated heterocycles. The first-order chi connectivity index (χ1) is 33.1. The normalized spacial score (nSPS) is 12.7. The predicted octanol–water partition coefficient (Wildman–Crippen LogP) is 4.12. The van der Waals surface area contributed by atoms with Gasteiger partial charge >= 0.3 is 6.01 Å². The minimum absolute atomic E-state index is 0.00532. The van der Waals surface area contributed by atoms with E-state index < -0.39 is 62.8 Å². The van der Waals surface area contributed by atoms with E-state index in [0.29, 0.717) is 11.4 Å². The number of nitrogen functional groups attached to an aromatic ring is 2. The van der Waals surface area contributed by atoms with E-state index in [2.05, 4.69) is 60.6 Å². The molecule has 0 aliphatic heterocycles. The molecule has 5 heterocycles. The zero-order valence-electron chi connectivity index (χ0n) is 36.1. The molecule has 7 rings (SSSR count). The Morgan fingerprint density at radius 2 is 1.23 bits per heavy atom. The van der Waals surface area contributed by atoms with Gasteiger partial charge in [0.25, 0.3) is 37.8 Å². The smallest absolute Gasteiger partial charge is 0.320 e. The number of azo groups is 2. The summed E-state index contributed by atoms with van der Waals surface area (Å²) >= 11 is 5.53. The van der Waals surface area contributed by atoms with Crippen molar-refractivity contribution in [3.05, 3.63) is 89.3 Å². The fourth-order valence-electron chi connectivity index (χ4n) is 6.33. The predicted molar refractivity (Wildman–Crippen MR) is 252 cm³/mol. The molecular weight excluding hydrogens is 1010 g/mol. The first kappa shape index (κ1) is 50.1. The lowest BCUT2D eigenvalue weighted by Crippen LogP contribution is -2.13. The number of hydrogen-bond acceptors (Lipinski definition) is 22. The molecule has 0 spiro atoms. The summed E-state index contributed by atoms with van der Waals surface area (Å²) in [5, 5.41) is 54.7. The standard InChI is InChI=1S/C37H35N19O9S5/c1-21-29(47-49-33-23(18-38)19-42-53(33)25-8-12-27(13-9-25)68(58,59)15-5-17-70(63,64)65)31(39)55(51-21)35-44-36(46-37(57)45-35)56-32(40)30(22(2)52-56)48-50-34-28(41-3)20-43-54(34)24-6-10-26(11-7-24)67(66)14-4-16-69(60,61)62/h6-13,19-20H,4-5,14-17,39-40H2,1-2H3,(H,60,61,62)(H,63,64,65)(H,44,45,46,57). The van der Waals surface area contributed by atoms with Gasteiger partial charge in [0.15, 0.2) is 44.5 Å². The van der Waals surface area contributed by atoms with Crippen molar-refractivity contribution in [2.75, 3.05) is 34.5 Å². The second-order valence-electron chi connectivity index (χ2n) is 14.5. The highest BCUT2D eigenvalue weighted by molar-refractivity contribution is 8.28. The van der Waals surface area contributed by atoms with Gasteiger partial charge in [0, 0.05) is 10.6 Å². The van der Waals surface area contributed by atoms with Gasteiger partial charge in [0.1, 0.15) is 11.6 Å². The summed E-state index contributed by atoms with van der Waals surface area (Å²) in [6.07, 6.45) is 2.38. The van der Waals surface area contributed by atoms with Crippen LogP contribution in [0.25, 0.3) is 28.1 Å². The first-order valence-corrected chi connectivity index (χ1v) is 26.9. The van der Waals surface area contributed by atoms with Gasteiger partial charge in [-0.1, -0.05) is 9.45 Å². The third-order valence-corrected chi connectivity index (χ3v) is 15.6. The van der Waals surface area contributed by atoms with Crippen LogP contribution in [0.2, 0.25) is 0 Å². The summed E-state index contributed by atoms with van der Waals surface area (Å²) in [7, 11) is -13.1. The molecule has 0 saturated carbocycles. The van der Waals surface area contributed by atoms with Gasteiger partial charge < -0.3 is 16.6 Å². The topological polar surface area (TPSA) is 403 Å². The van der Waals surface area contributed by atoms with E-state index in [1.165, 1.54) is 52.9 Å². The highest BCUT2D eigenvalue weighted by Gasteiger charge is 2.23. The van der Waals surface area contributed by atoms with Crippen LogP contribution in [-0.4, -0.2) is 117 Å². The number of nitrogens with two attached hydrogens (primary N) is 2. The number of benzene rings is 2. The first-order valence-electron chi connectivity index (χ1n) is 19.7. The molecule has 5 aromatic heterocycles. The molecule has 0 amide bonds. The van der Waals surface area contributed by atoms with Crippen LogP contribution in [0, 0.1) is 31.8 Å². The van der Waals surface area contributed by atoms with Crippen LogP contribution in [0.15, 0.2) is 91.2 Å². The number of nitrogens with zero attached hydrogens (tertiary/aromatic N) is 17. The van der Waals surface area contributed by atoms with E-state index in [1.54, 1.807) is 31.2 Å². The number of hydrogen-bond donors (Lipinski definition) is 5. The Morgan fingerprint density at radius 3 is 1.76 bits per heavy atom. The molecule has 362 valence electrons. The van der Waals surface area contributed by atoms with Crippen molar-refractivity contribution in [2.24, 2.45) is 20.5 Å². The molecule has 7 N–H and O–H groups in total. The maximum atomic E-state index is 12.8. The Hall–Kier alpha value is -7.79. The number of rotatable bonds is 18. The minimum atomic E-state index is -4.34. The molecule has 1 atom stereocenters. The second kappa shape index (κ2) is 20.0. The SMILES string of the molecule is [C-]#[N+]c1cnn(-c2ccc(S(=S)CCCS(=O)(=O)O)cc2)c1N=Nc1c(C)nn(-c2nc(O)nc(-n3nc(C)c(N=Nc4c(C#N)cnn4-c4ccc(S(=O)(=O)CCCS(=O)(=O)O)cc4)c3N)n2)c1N. The zero-order valence-corrected chi connectivity index (χ0v) is 40.2. The average molecular weight is 1050 g/mol. The van der Waals surface area contributed by atoms with Crippen LogP contribution in [-0.2, 0) is 50.7 Å². The summed E-state index contributed by atoms with van der Waals surface area (Å²) in [6.45, 7) is 10.8. The van der Waals surface area contributed by atoms with Crippen molar-refractivity contribution in [2.45, 2.75) is 36.5 Å². The number of aromatic hydroxyl groups is 1. The largest absolute Gasteiger partial charge is 0.479 e. The Labute approximate surface area is 403 Å². The Bertz CT molecular complexity index is 3680. The maximum absolute atomic E-state index is 12.8. The summed E-state index contributed by atoms with van der Waals surface area (Å²) in [4.78, 5) is 16.4. The van der Waals surface area contributed by atoms with Crippen molar-refractivity contribution >= 4 is 91.0 Å². The lowest BCUT2D eigenvalue weighted by atomic mass is 10.3. The summed E-state index contributed by atoms with van der Waals surface area (Å²) < 4.78 is 92.4. The Balaban J connectivity index is 1.13. The molecule has 28 nitrogen and oxygen atoms in total. The molecule has 0 radical (unpaired) electrons. The molecule has 2 aromatic carbocycles. The Kier molecular flexibility index (Phi) is 14.3. The van der Waals surface area contributed by atoms with E-state index in [-0.39, 0.29) is 92.6 Å². The lowest BCUT2D eigenvalue weighted by Gasteiger charge is -2.08. The van der Waals surface area contributed by atoms with Gasteiger partial charge in [-0.25, -0.2) is 22.6 Å². The van der Waals surface area contributed by atoms with E-state index in [9.17, 15) is 35.6 Å². The monoisotopic (exact) mass is 1050 g/mol. The lowest BCUT2D eigenvalue weighted by molar-refractivity contribution is 0.423. The third kappa shape index (κ3) is 11.2. The van der Waals surface area contributed by atoms with Gasteiger partial charge in [0.05, 0.1) is 63.9 Å². The Morgan fingerprint density at radius 1 is 0.729 bits per heavy atom. The molecule has 7 aromatic rings. The number of sulfone groups is 1. The van der Waals surface area contributed by atoms with Crippen molar-refractivity contribution in [1.82, 2.24) is 54.1 Å². The molecular formula is C37H35N19O9S5. The van der Waals surface area contributed by atoms with Crippen LogP contribution in [0.5, 0.6) is 6.01 Å². The number of anilines is 2. The number of aromatic nitrogens is 11.